The van der Waals surface area contributed by atoms with Crippen LogP contribution in [0.2, 0.25) is 5.02 Å². The van der Waals surface area contributed by atoms with Crippen molar-refractivity contribution in [3.05, 3.63) is 58.6 Å². The lowest BCUT2D eigenvalue weighted by molar-refractivity contribution is 0.412. The molecule has 4 rings (SSSR count). The molecule has 5 heteroatoms. The predicted octanol–water partition coefficient (Wildman–Crippen LogP) is 5.26. The molecule has 0 fully saturated rings. The Hall–Kier alpha value is -2.46. The minimum atomic E-state index is 0.663. The van der Waals surface area contributed by atoms with Gasteiger partial charge >= 0.3 is 0 Å². The standard InChI is InChI=1S/C21H22ClN3O/c1-14-6-8-15(9-7-14)20-17-5-3-4-12-23-21(17)25(24-20)18-13-16(22)10-11-19(18)26-2/h6-11,13,23H,3-5,12H2,1-2H3. The number of aryl methyl sites for hydroxylation is 1. The van der Waals surface area contributed by atoms with Gasteiger partial charge in [0.2, 0.25) is 0 Å². The monoisotopic (exact) mass is 367 g/mol. The van der Waals surface area contributed by atoms with Crippen LogP contribution in [0, 0.1) is 6.92 Å². The van der Waals surface area contributed by atoms with Gasteiger partial charge in [0.05, 0.1) is 12.8 Å². The van der Waals surface area contributed by atoms with Gasteiger partial charge in [-0.15, -0.1) is 0 Å². The Bertz CT molecular complexity index is 931. The van der Waals surface area contributed by atoms with Gasteiger partial charge in [-0.25, -0.2) is 4.68 Å². The van der Waals surface area contributed by atoms with Crippen LogP contribution < -0.4 is 10.1 Å². The normalized spacial score (nSPS) is 13.7. The average Bonchev–Trinajstić information content (AvgIpc) is 2.84. The number of fused-ring (bicyclic) bond motifs is 1. The van der Waals surface area contributed by atoms with E-state index in [1.807, 2.05) is 22.9 Å². The first-order chi connectivity index (χ1) is 12.7. The van der Waals surface area contributed by atoms with Crippen molar-refractivity contribution in [3.8, 4) is 22.7 Å². The summed E-state index contributed by atoms with van der Waals surface area (Å²) in [7, 11) is 1.67. The van der Waals surface area contributed by atoms with Crippen LogP contribution in [0.5, 0.6) is 5.75 Å². The molecule has 0 saturated carbocycles. The van der Waals surface area contributed by atoms with Crippen LogP contribution in [-0.2, 0) is 6.42 Å². The summed E-state index contributed by atoms with van der Waals surface area (Å²) in [5.74, 6) is 1.79. The van der Waals surface area contributed by atoms with Crippen LogP contribution in [0.3, 0.4) is 0 Å². The van der Waals surface area contributed by atoms with E-state index < -0.39 is 0 Å². The van der Waals surface area contributed by atoms with Crippen LogP contribution >= 0.6 is 11.6 Å². The van der Waals surface area contributed by atoms with E-state index >= 15 is 0 Å². The van der Waals surface area contributed by atoms with Gasteiger partial charge in [-0.3, -0.25) is 0 Å². The summed E-state index contributed by atoms with van der Waals surface area (Å²) in [6.45, 7) is 3.04. The van der Waals surface area contributed by atoms with Crippen molar-refractivity contribution in [2.24, 2.45) is 0 Å². The number of halogens is 1. The van der Waals surface area contributed by atoms with Crippen LogP contribution in [0.4, 0.5) is 5.82 Å². The number of hydrogen-bond donors (Lipinski definition) is 1. The smallest absolute Gasteiger partial charge is 0.144 e. The maximum absolute atomic E-state index is 6.26. The number of aromatic nitrogens is 2. The Morgan fingerprint density at radius 3 is 2.69 bits per heavy atom. The molecule has 4 nitrogen and oxygen atoms in total. The first-order valence-corrected chi connectivity index (χ1v) is 9.32. The molecule has 0 atom stereocenters. The second-order valence-electron chi connectivity index (χ2n) is 6.65. The topological polar surface area (TPSA) is 39.1 Å². The molecule has 0 unspecified atom stereocenters. The van der Waals surface area contributed by atoms with Crippen molar-refractivity contribution < 1.29 is 4.74 Å². The highest BCUT2D eigenvalue weighted by atomic mass is 35.5. The molecule has 1 N–H and O–H groups in total. The molecule has 2 aromatic carbocycles. The number of nitrogens with one attached hydrogen (secondary N) is 1. The summed E-state index contributed by atoms with van der Waals surface area (Å²) in [5, 5.41) is 9.20. The molecule has 0 saturated heterocycles. The molecule has 0 spiro atoms. The zero-order chi connectivity index (χ0) is 18.1. The van der Waals surface area contributed by atoms with Gasteiger partial charge in [0.15, 0.2) is 0 Å². The van der Waals surface area contributed by atoms with Gasteiger partial charge in [0.25, 0.3) is 0 Å². The number of ether oxygens (including phenoxy) is 1. The maximum Gasteiger partial charge on any atom is 0.144 e. The molecule has 1 aliphatic heterocycles. The molecule has 134 valence electrons. The number of rotatable bonds is 3. The first kappa shape index (κ1) is 17.0. The zero-order valence-electron chi connectivity index (χ0n) is 15.1. The Labute approximate surface area is 158 Å². The third kappa shape index (κ3) is 3.06. The average molecular weight is 368 g/mol. The quantitative estimate of drug-likeness (QED) is 0.686. The lowest BCUT2D eigenvalue weighted by Crippen LogP contribution is -2.08. The minimum absolute atomic E-state index is 0.663. The fraction of sp³-hybridized carbons (Fsp3) is 0.286. The third-order valence-electron chi connectivity index (χ3n) is 4.82. The Morgan fingerprint density at radius 1 is 1.12 bits per heavy atom. The number of hydrogen-bond acceptors (Lipinski definition) is 3. The van der Waals surface area contributed by atoms with E-state index in [4.69, 9.17) is 21.4 Å². The fourth-order valence-corrected chi connectivity index (χ4v) is 3.62. The van der Waals surface area contributed by atoms with E-state index in [2.05, 4.69) is 36.5 Å². The third-order valence-corrected chi connectivity index (χ3v) is 5.06. The summed E-state index contributed by atoms with van der Waals surface area (Å²) >= 11 is 6.26. The highest BCUT2D eigenvalue weighted by Crippen LogP contribution is 2.37. The van der Waals surface area contributed by atoms with Crippen LogP contribution in [-0.4, -0.2) is 23.4 Å². The van der Waals surface area contributed by atoms with Crippen molar-refractivity contribution in [1.82, 2.24) is 9.78 Å². The van der Waals surface area contributed by atoms with Gasteiger partial charge in [0.1, 0.15) is 17.3 Å². The highest BCUT2D eigenvalue weighted by Gasteiger charge is 2.23. The molecule has 0 radical (unpaired) electrons. The number of anilines is 1. The first-order valence-electron chi connectivity index (χ1n) is 8.94. The van der Waals surface area contributed by atoms with E-state index in [0.29, 0.717) is 5.02 Å². The predicted molar refractivity (Wildman–Crippen MR) is 107 cm³/mol. The van der Waals surface area contributed by atoms with Crippen molar-refractivity contribution >= 4 is 17.4 Å². The Balaban J connectivity index is 1.93. The molecule has 2 heterocycles. The molecular weight excluding hydrogens is 346 g/mol. The van der Waals surface area contributed by atoms with Gasteiger partial charge in [0, 0.05) is 22.7 Å². The molecule has 1 aliphatic rings. The largest absolute Gasteiger partial charge is 0.494 e. The number of methoxy groups -OCH3 is 1. The summed E-state index contributed by atoms with van der Waals surface area (Å²) < 4.78 is 7.51. The van der Waals surface area contributed by atoms with Crippen molar-refractivity contribution in [2.45, 2.75) is 26.2 Å². The second-order valence-corrected chi connectivity index (χ2v) is 7.09. The van der Waals surface area contributed by atoms with Gasteiger partial charge in [-0.2, -0.15) is 5.10 Å². The summed E-state index contributed by atoms with van der Waals surface area (Å²) in [4.78, 5) is 0. The van der Waals surface area contributed by atoms with E-state index in [-0.39, 0.29) is 0 Å². The van der Waals surface area contributed by atoms with Crippen molar-refractivity contribution in [2.75, 3.05) is 19.0 Å². The van der Waals surface area contributed by atoms with Gasteiger partial charge in [-0.05, 0) is 44.4 Å². The Morgan fingerprint density at radius 2 is 1.92 bits per heavy atom. The molecule has 26 heavy (non-hydrogen) atoms. The molecule has 1 aromatic heterocycles. The van der Waals surface area contributed by atoms with Gasteiger partial charge in [-0.1, -0.05) is 41.4 Å². The van der Waals surface area contributed by atoms with E-state index in [0.717, 1.165) is 54.3 Å². The van der Waals surface area contributed by atoms with E-state index in [1.165, 1.54) is 11.1 Å². The van der Waals surface area contributed by atoms with Crippen LogP contribution in [0.25, 0.3) is 16.9 Å². The lowest BCUT2D eigenvalue weighted by atomic mass is 10.0. The lowest BCUT2D eigenvalue weighted by Gasteiger charge is -2.13. The molecule has 0 bridgehead atoms. The van der Waals surface area contributed by atoms with E-state index in [1.54, 1.807) is 7.11 Å². The molecular formula is C21H22ClN3O. The minimum Gasteiger partial charge on any atom is -0.494 e. The Kier molecular flexibility index (Phi) is 4.60. The zero-order valence-corrected chi connectivity index (χ0v) is 15.8. The van der Waals surface area contributed by atoms with E-state index in [9.17, 15) is 0 Å². The van der Waals surface area contributed by atoms with Crippen molar-refractivity contribution in [1.29, 1.82) is 0 Å². The summed E-state index contributed by atoms with van der Waals surface area (Å²) in [5.41, 5.74) is 5.51. The highest BCUT2D eigenvalue weighted by molar-refractivity contribution is 6.30. The molecule has 0 aliphatic carbocycles. The van der Waals surface area contributed by atoms with Gasteiger partial charge < -0.3 is 10.1 Å². The van der Waals surface area contributed by atoms with Crippen LogP contribution in [0.15, 0.2) is 42.5 Å². The number of nitrogens with zero attached hydrogens (tertiary/aromatic N) is 2. The fourth-order valence-electron chi connectivity index (χ4n) is 3.45. The summed E-state index contributed by atoms with van der Waals surface area (Å²) in [6, 6.07) is 14.2. The summed E-state index contributed by atoms with van der Waals surface area (Å²) in [6.07, 6.45) is 3.31. The maximum atomic E-state index is 6.26. The SMILES string of the molecule is COc1ccc(Cl)cc1-n1nc(-c2ccc(C)cc2)c2c1NCCCC2. The van der Waals surface area contributed by atoms with Crippen molar-refractivity contribution in [3.63, 3.8) is 0 Å². The number of benzene rings is 2. The molecule has 0 amide bonds. The second kappa shape index (κ2) is 7.04. The molecule has 3 aromatic rings. The van der Waals surface area contributed by atoms with Crippen LogP contribution in [0.1, 0.15) is 24.0 Å².